The molecule has 0 aliphatic heterocycles. The van der Waals surface area contributed by atoms with Crippen molar-refractivity contribution in [2.45, 2.75) is 66.7 Å². The normalized spacial score (nSPS) is 10.2. The summed E-state index contributed by atoms with van der Waals surface area (Å²) in [6.07, 6.45) is 2.28. The summed E-state index contributed by atoms with van der Waals surface area (Å²) in [6, 6.07) is 10.0. The van der Waals surface area contributed by atoms with E-state index < -0.39 is 0 Å². The van der Waals surface area contributed by atoms with E-state index >= 15 is 0 Å². The third kappa shape index (κ3) is 9.34. The number of aryl methyl sites for hydroxylation is 1. The van der Waals surface area contributed by atoms with E-state index in [4.69, 9.17) is 10.1 Å². The van der Waals surface area contributed by atoms with Crippen molar-refractivity contribution in [1.29, 1.82) is 5.26 Å². The maximum atomic E-state index is 13.0. The average molecular weight is 401 g/mol. The Bertz CT molecular complexity index is 860. The van der Waals surface area contributed by atoms with Crippen LogP contribution in [0, 0.1) is 30.0 Å². The van der Waals surface area contributed by atoms with Crippen LogP contribution in [0.2, 0.25) is 0 Å². The summed E-state index contributed by atoms with van der Waals surface area (Å²) in [5.41, 5.74) is 3.66. The third-order valence-electron chi connectivity index (χ3n) is 4.22. The molecule has 0 bridgehead atoms. The highest BCUT2D eigenvalue weighted by atomic mass is 19.1. The van der Waals surface area contributed by atoms with Crippen LogP contribution in [-0.2, 0) is 16.6 Å². The van der Waals surface area contributed by atoms with Crippen molar-refractivity contribution >= 4 is 6.29 Å². The van der Waals surface area contributed by atoms with E-state index in [0.717, 1.165) is 35.1 Å². The quantitative estimate of drug-likeness (QED) is 0.676. The van der Waals surface area contributed by atoms with Crippen molar-refractivity contribution in [3.63, 3.8) is 0 Å². The Morgan fingerprint density at radius 2 is 1.72 bits per heavy atom. The van der Waals surface area contributed by atoms with Crippen LogP contribution >= 0.6 is 0 Å². The summed E-state index contributed by atoms with van der Waals surface area (Å²) in [4.78, 5) is 24.4. The van der Waals surface area contributed by atoms with Gasteiger partial charge < -0.3 is 9.78 Å². The number of H-pyrrole nitrogens is 1. The molecule has 158 valence electrons. The van der Waals surface area contributed by atoms with E-state index in [1.807, 2.05) is 13.0 Å². The molecule has 2 rings (SSSR count). The molecule has 1 aromatic heterocycles. The lowest BCUT2D eigenvalue weighted by Crippen LogP contribution is -2.27. The zero-order valence-electron chi connectivity index (χ0n) is 18.6. The summed E-state index contributed by atoms with van der Waals surface area (Å²) in [6.45, 7) is 13.6. The van der Waals surface area contributed by atoms with Crippen molar-refractivity contribution in [1.82, 2.24) is 4.98 Å². The van der Waals surface area contributed by atoms with Crippen LogP contribution in [0.3, 0.4) is 0 Å². The molecule has 29 heavy (non-hydrogen) atoms. The van der Waals surface area contributed by atoms with Crippen molar-refractivity contribution in [2.24, 2.45) is 5.92 Å². The number of halogens is 1. The largest absolute Gasteiger partial charge is 0.325 e. The minimum Gasteiger partial charge on any atom is -0.325 e. The second-order valence-electron chi connectivity index (χ2n) is 7.93. The molecule has 0 aliphatic rings. The predicted molar refractivity (Wildman–Crippen MR) is 117 cm³/mol. The van der Waals surface area contributed by atoms with E-state index in [1.54, 1.807) is 18.2 Å². The van der Waals surface area contributed by atoms with Gasteiger partial charge in [-0.15, -0.1) is 0 Å². The molecule has 5 heteroatoms. The Morgan fingerprint density at radius 1 is 1.24 bits per heavy atom. The number of carbonyl (C=O) groups is 1. The molecule has 0 atom stereocenters. The van der Waals surface area contributed by atoms with Gasteiger partial charge in [-0.2, -0.15) is 5.26 Å². The molecule has 0 spiro atoms. The highest BCUT2D eigenvalue weighted by Gasteiger charge is 2.25. The summed E-state index contributed by atoms with van der Waals surface area (Å²) in [5, 5.41) is 7.32. The standard InChI is InChI=1S/C20H26FNO.C2H3N.C2H4O/c1-13(2)12-20(4,5)18-14(3)10-16(19(23)22-18)11-15-6-8-17(21)9-7-15;2*1-2-3/h6-10,13H,11-12H2,1-5H3,(H,22,23);1H3;2H,1H3. The lowest BCUT2D eigenvalue weighted by atomic mass is 9.79. The number of nitrogens with one attached hydrogen (secondary N) is 1. The van der Waals surface area contributed by atoms with Gasteiger partial charge in [-0.3, -0.25) is 4.79 Å². The molecule has 4 nitrogen and oxygen atoms in total. The Balaban J connectivity index is 0.00000116. The van der Waals surface area contributed by atoms with Gasteiger partial charge >= 0.3 is 0 Å². The van der Waals surface area contributed by atoms with E-state index in [-0.39, 0.29) is 16.8 Å². The molecule has 1 N–H and O–H groups in total. The lowest BCUT2D eigenvalue weighted by Gasteiger charge is -2.28. The SMILES string of the molecule is CC#N.CC=O.Cc1cc(Cc2ccc(F)cc2)c(=O)[nH]c1C(C)(C)CC(C)C. The number of hydrogen-bond donors (Lipinski definition) is 1. The lowest BCUT2D eigenvalue weighted by molar-refractivity contribution is -0.106. The summed E-state index contributed by atoms with van der Waals surface area (Å²) < 4.78 is 13.0. The van der Waals surface area contributed by atoms with Gasteiger partial charge in [0.15, 0.2) is 0 Å². The maximum absolute atomic E-state index is 13.0. The highest BCUT2D eigenvalue weighted by Crippen LogP contribution is 2.30. The molecule has 1 aromatic carbocycles. The van der Waals surface area contributed by atoms with Crippen LogP contribution in [0.5, 0.6) is 0 Å². The molecule has 0 radical (unpaired) electrons. The van der Waals surface area contributed by atoms with Crippen LogP contribution in [0.15, 0.2) is 35.1 Å². The second-order valence-corrected chi connectivity index (χ2v) is 7.93. The smallest absolute Gasteiger partial charge is 0.251 e. The number of aldehydes is 1. The number of carbonyl (C=O) groups excluding carboxylic acids is 1. The number of aromatic amines is 1. The molecule has 0 fully saturated rings. The topological polar surface area (TPSA) is 73.7 Å². The number of rotatable bonds is 5. The minimum atomic E-state index is -0.260. The molecule has 2 aromatic rings. The number of nitriles is 1. The van der Waals surface area contributed by atoms with Crippen molar-refractivity contribution in [3.8, 4) is 6.07 Å². The molecule has 1 heterocycles. The first kappa shape index (κ1) is 26.3. The van der Waals surface area contributed by atoms with Crippen LogP contribution in [-0.4, -0.2) is 11.3 Å². The van der Waals surface area contributed by atoms with Gasteiger partial charge in [0.25, 0.3) is 5.56 Å². The average Bonchev–Trinajstić information content (AvgIpc) is 2.60. The monoisotopic (exact) mass is 400 g/mol. The first-order valence-electron chi connectivity index (χ1n) is 9.70. The Hall–Kier alpha value is -2.74. The predicted octanol–water partition coefficient (Wildman–Crippen LogP) is 5.47. The van der Waals surface area contributed by atoms with Gasteiger partial charge in [-0.05, 0) is 55.5 Å². The Labute approximate surface area is 173 Å². The molecule has 0 aliphatic carbocycles. The number of nitrogens with zero attached hydrogens (tertiary/aromatic N) is 1. The Kier molecular flexibility index (Phi) is 11.5. The van der Waals surface area contributed by atoms with Gasteiger partial charge in [0.05, 0.1) is 6.07 Å². The molecule has 0 saturated carbocycles. The fraction of sp³-hybridized carbons (Fsp3) is 0.458. The number of hydrogen-bond acceptors (Lipinski definition) is 3. The molecule has 0 unspecified atom stereocenters. The zero-order chi connectivity index (χ0) is 22.6. The van der Waals surface area contributed by atoms with Gasteiger partial charge in [0, 0.05) is 30.0 Å². The fourth-order valence-corrected chi connectivity index (χ4v) is 3.47. The van der Waals surface area contributed by atoms with Crippen LogP contribution in [0.1, 0.15) is 70.3 Å². The van der Waals surface area contributed by atoms with E-state index in [2.05, 4.69) is 32.7 Å². The molecule has 0 saturated heterocycles. The van der Waals surface area contributed by atoms with Crippen molar-refractivity contribution < 1.29 is 9.18 Å². The van der Waals surface area contributed by atoms with Crippen molar-refractivity contribution in [3.05, 3.63) is 68.9 Å². The molecule has 0 amide bonds. The van der Waals surface area contributed by atoms with Gasteiger partial charge in [-0.25, -0.2) is 4.39 Å². The van der Waals surface area contributed by atoms with Gasteiger partial charge in [0.2, 0.25) is 0 Å². The first-order valence-corrected chi connectivity index (χ1v) is 9.70. The van der Waals surface area contributed by atoms with E-state index in [9.17, 15) is 9.18 Å². The molecular formula is C24H33FN2O2. The summed E-state index contributed by atoms with van der Waals surface area (Å²) >= 11 is 0. The van der Waals surface area contributed by atoms with Gasteiger partial charge in [0.1, 0.15) is 12.1 Å². The first-order chi connectivity index (χ1) is 13.5. The van der Waals surface area contributed by atoms with E-state index in [0.29, 0.717) is 12.3 Å². The fourth-order valence-electron chi connectivity index (χ4n) is 3.47. The molecular weight excluding hydrogens is 367 g/mol. The van der Waals surface area contributed by atoms with E-state index in [1.165, 1.54) is 26.0 Å². The third-order valence-corrected chi connectivity index (χ3v) is 4.22. The van der Waals surface area contributed by atoms with Crippen LogP contribution in [0.25, 0.3) is 0 Å². The number of aromatic nitrogens is 1. The number of benzene rings is 1. The van der Waals surface area contributed by atoms with Crippen molar-refractivity contribution in [2.75, 3.05) is 0 Å². The van der Waals surface area contributed by atoms with Gasteiger partial charge in [-0.1, -0.05) is 39.8 Å². The summed E-state index contributed by atoms with van der Waals surface area (Å²) in [5.74, 6) is 0.302. The van der Waals surface area contributed by atoms with Crippen LogP contribution < -0.4 is 5.56 Å². The highest BCUT2D eigenvalue weighted by molar-refractivity contribution is 5.44. The maximum Gasteiger partial charge on any atom is 0.251 e. The number of pyridine rings is 1. The minimum absolute atomic E-state index is 0.0493. The van der Waals surface area contributed by atoms with Crippen LogP contribution in [0.4, 0.5) is 4.39 Å². The second kappa shape index (κ2) is 12.7. The zero-order valence-corrected chi connectivity index (χ0v) is 18.6. The summed E-state index contributed by atoms with van der Waals surface area (Å²) in [7, 11) is 0. The Morgan fingerprint density at radius 3 is 2.17 bits per heavy atom.